The Morgan fingerprint density at radius 3 is 2.48 bits per heavy atom. The zero-order valence-corrected chi connectivity index (χ0v) is 10.8. The van der Waals surface area contributed by atoms with Gasteiger partial charge in [-0.3, -0.25) is 0 Å². The number of rotatable bonds is 5. The molecule has 0 amide bonds. The van der Waals surface area contributed by atoms with Gasteiger partial charge in [-0.25, -0.2) is 4.39 Å². The molecule has 0 unspecified atom stereocenters. The highest BCUT2D eigenvalue weighted by Gasteiger charge is 2.05. The quantitative estimate of drug-likeness (QED) is 0.908. The Kier molecular flexibility index (Phi) is 4.67. The Labute approximate surface area is 119 Å². The van der Waals surface area contributed by atoms with Crippen molar-refractivity contribution >= 4 is 5.69 Å². The van der Waals surface area contributed by atoms with Crippen molar-refractivity contribution in [1.29, 1.82) is 5.26 Å². The number of halogens is 3. The maximum atomic E-state index is 13.2. The molecule has 0 bridgehead atoms. The molecule has 6 heteroatoms. The second kappa shape index (κ2) is 6.66. The maximum Gasteiger partial charge on any atom is 0.387 e. The van der Waals surface area contributed by atoms with Gasteiger partial charge in [0.1, 0.15) is 17.6 Å². The summed E-state index contributed by atoms with van der Waals surface area (Å²) in [6.45, 7) is -2.44. The van der Waals surface area contributed by atoms with E-state index in [0.29, 0.717) is 12.2 Å². The van der Waals surface area contributed by atoms with Gasteiger partial charge in [-0.1, -0.05) is 12.1 Å². The Balaban J connectivity index is 1.98. The van der Waals surface area contributed by atoms with Crippen LogP contribution in [0.2, 0.25) is 0 Å². The first-order valence-electron chi connectivity index (χ1n) is 6.06. The smallest absolute Gasteiger partial charge is 0.387 e. The zero-order valence-electron chi connectivity index (χ0n) is 10.8. The lowest BCUT2D eigenvalue weighted by Crippen LogP contribution is -2.03. The molecule has 0 fully saturated rings. The summed E-state index contributed by atoms with van der Waals surface area (Å²) in [7, 11) is 0. The molecule has 2 aromatic rings. The van der Waals surface area contributed by atoms with E-state index in [1.807, 2.05) is 0 Å². The minimum atomic E-state index is -2.85. The van der Waals surface area contributed by atoms with Gasteiger partial charge in [0.25, 0.3) is 0 Å². The van der Waals surface area contributed by atoms with Gasteiger partial charge in [0.05, 0.1) is 5.56 Å². The molecule has 108 valence electrons. The molecular weight excluding hydrogens is 281 g/mol. The van der Waals surface area contributed by atoms with Crippen LogP contribution in [0.15, 0.2) is 42.5 Å². The molecule has 3 nitrogen and oxygen atoms in total. The van der Waals surface area contributed by atoms with Crippen LogP contribution >= 0.6 is 0 Å². The fraction of sp³-hybridized carbons (Fsp3) is 0.133. The largest absolute Gasteiger partial charge is 0.435 e. The van der Waals surface area contributed by atoms with Crippen LogP contribution in [0.25, 0.3) is 0 Å². The molecule has 0 aromatic heterocycles. The number of benzene rings is 2. The highest BCUT2D eigenvalue weighted by Crippen LogP contribution is 2.17. The predicted molar refractivity (Wildman–Crippen MR) is 71.5 cm³/mol. The summed E-state index contributed by atoms with van der Waals surface area (Å²) in [5.41, 5.74) is 1.39. The third kappa shape index (κ3) is 4.14. The highest BCUT2D eigenvalue weighted by atomic mass is 19.3. The first-order valence-corrected chi connectivity index (χ1v) is 6.06. The minimum absolute atomic E-state index is 0.0410. The minimum Gasteiger partial charge on any atom is -0.435 e. The van der Waals surface area contributed by atoms with E-state index in [9.17, 15) is 13.2 Å². The SMILES string of the molecule is N#Cc1cc(NCc2ccc(OC(F)F)cc2)ccc1F. The number of hydrogen-bond acceptors (Lipinski definition) is 3. The number of ether oxygens (including phenoxy) is 1. The summed E-state index contributed by atoms with van der Waals surface area (Å²) < 4.78 is 41.4. The lowest BCUT2D eigenvalue weighted by atomic mass is 10.2. The lowest BCUT2D eigenvalue weighted by Gasteiger charge is -2.08. The number of hydrogen-bond donors (Lipinski definition) is 1. The van der Waals surface area contributed by atoms with E-state index in [1.165, 1.54) is 30.3 Å². The van der Waals surface area contributed by atoms with Gasteiger partial charge in [0.2, 0.25) is 0 Å². The summed E-state index contributed by atoms with van der Waals surface area (Å²) in [4.78, 5) is 0. The number of nitrogens with zero attached hydrogens (tertiary/aromatic N) is 1. The summed E-state index contributed by atoms with van der Waals surface area (Å²) >= 11 is 0. The number of anilines is 1. The number of alkyl halides is 2. The summed E-state index contributed by atoms with van der Waals surface area (Å²) in [6, 6.07) is 12.0. The average molecular weight is 292 g/mol. The fourth-order valence-corrected chi connectivity index (χ4v) is 1.71. The topological polar surface area (TPSA) is 45.0 Å². The predicted octanol–water partition coefficient (Wildman–Crippen LogP) is 3.91. The van der Waals surface area contributed by atoms with Crippen LogP contribution in [0.4, 0.5) is 18.9 Å². The Bertz CT molecular complexity index is 651. The van der Waals surface area contributed by atoms with Gasteiger partial charge in [-0.2, -0.15) is 14.0 Å². The summed E-state index contributed by atoms with van der Waals surface area (Å²) in [6.07, 6.45) is 0. The molecule has 0 aliphatic carbocycles. The standard InChI is InChI=1S/C15H11F3N2O/c16-14-6-3-12(7-11(14)8-19)20-9-10-1-4-13(5-2-10)21-15(17)18/h1-7,15,20H,9H2. The second-order valence-electron chi connectivity index (χ2n) is 4.18. The van der Waals surface area contributed by atoms with Crippen molar-refractivity contribution in [2.75, 3.05) is 5.32 Å². The molecule has 0 heterocycles. The average Bonchev–Trinajstić information content (AvgIpc) is 2.47. The van der Waals surface area contributed by atoms with Crippen molar-refractivity contribution in [2.45, 2.75) is 13.2 Å². The molecular formula is C15H11F3N2O. The molecule has 0 saturated carbocycles. The molecule has 0 spiro atoms. The van der Waals surface area contributed by atoms with Crippen molar-refractivity contribution in [3.63, 3.8) is 0 Å². The molecule has 2 aromatic carbocycles. The monoisotopic (exact) mass is 292 g/mol. The zero-order chi connectivity index (χ0) is 15.2. The van der Waals surface area contributed by atoms with E-state index in [-0.39, 0.29) is 11.3 Å². The van der Waals surface area contributed by atoms with E-state index >= 15 is 0 Å². The van der Waals surface area contributed by atoms with Crippen molar-refractivity contribution in [1.82, 2.24) is 0 Å². The van der Waals surface area contributed by atoms with Crippen LogP contribution in [0.3, 0.4) is 0 Å². The molecule has 0 radical (unpaired) electrons. The van der Waals surface area contributed by atoms with Crippen LogP contribution in [-0.2, 0) is 6.54 Å². The number of nitriles is 1. The molecule has 1 N–H and O–H groups in total. The third-order valence-corrected chi connectivity index (χ3v) is 2.73. The van der Waals surface area contributed by atoms with E-state index in [0.717, 1.165) is 5.56 Å². The maximum absolute atomic E-state index is 13.2. The van der Waals surface area contributed by atoms with E-state index in [1.54, 1.807) is 18.2 Å². The first-order chi connectivity index (χ1) is 10.1. The fourth-order valence-electron chi connectivity index (χ4n) is 1.71. The normalized spacial score (nSPS) is 10.2. The van der Waals surface area contributed by atoms with E-state index in [2.05, 4.69) is 10.1 Å². The van der Waals surface area contributed by atoms with Gasteiger partial charge in [-0.05, 0) is 35.9 Å². The highest BCUT2D eigenvalue weighted by molar-refractivity contribution is 5.50. The molecule has 0 aliphatic rings. The van der Waals surface area contributed by atoms with E-state index < -0.39 is 12.4 Å². The molecule has 0 aliphatic heterocycles. The van der Waals surface area contributed by atoms with Crippen LogP contribution in [0, 0.1) is 17.1 Å². The number of nitrogens with one attached hydrogen (secondary N) is 1. The Hall–Kier alpha value is -2.68. The first kappa shape index (κ1) is 14.7. The lowest BCUT2D eigenvalue weighted by molar-refractivity contribution is -0.0498. The van der Waals surface area contributed by atoms with Gasteiger partial charge in [0, 0.05) is 12.2 Å². The second-order valence-corrected chi connectivity index (χ2v) is 4.18. The van der Waals surface area contributed by atoms with E-state index in [4.69, 9.17) is 5.26 Å². The summed E-state index contributed by atoms with van der Waals surface area (Å²) in [5, 5.41) is 11.8. The van der Waals surface area contributed by atoms with Crippen LogP contribution < -0.4 is 10.1 Å². The molecule has 0 atom stereocenters. The molecule has 21 heavy (non-hydrogen) atoms. The molecule has 0 saturated heterocycles. The third-order valence-electron chi connectivity index (χ3n) is 2.73. The van der Waals surface area contributed by atoms with Crippen molar-refractivity contribution in [3.8, 4) is 11.8 Å². The van der Waals surface area contributed by atoms with Crippen molar-refractivity contribution < 1.29 is 17.9 Å². The Morgan fingerprint density at radius 1 is 1.14 bits per heavy atom. The molecule has 2 rings (SSSR count). The van der Waals surface area contributed by atoms with Crippen molar-refractivity contribution in [3.05, 3.63) is 59.4 Å². The van der Waals surface area contributed by atoms with Gasteiger partial charge < -0.3 is 10.1 Å². The summed E-state index contributed by atoms with van der Waals surface area (Å²) in [5.74, 6) is -0.487. The van der Waals surface area contributed by atoms with Gasteiger partial charge >= 0.3 is 6.61 Å². The van der Waals surface area contributed by atoms with Crippen LogP contribution in [0.1, 0.15) is 11.1 Å². The van der Waals surface area contributed by atoms with Crippen LogP contribution in [0.5, 0.6) is 5.75 Å². The van der Waals surface area contributed by atoms with Gasteiger partial charge in [0.15, 0.2) is 0 Å². The van der Waals surface area contributed by atoms with Gasteiger partial charge in [-0.15, -0.1) is 0 Å². The van der Waals surface area contributed by atoms with Crippen LogP contribution in [-0.4, -0.2) is 6.61 Å². The Morgan fingerprint density at radius 2 is 1.86 bits per heavy atom. The van der Waals surface area contributed by atoms with Crippen molar-refractivity contribution in [2.24, 2.45) is 0 Å².